The van der Waals surface area contributed by atoms with Crippen molar-refractivity contribution in [3.05, 3.63) is 17.7 Å². The fourth-order valence-corrected chi connectivity index (χ4v) is 1.15. The Morgan fingerprint density at radius 1 is 1.17 bits per heavy atom. The molecule has 1 aromatic rings. The smallest absolute Gasteiger partial charge is 0.0594 e. The zero-order valence-electron chi connectivity index (χ0n) is 7.73. The molecule has 3 nitrogen and oxygen atoms in total. The van der Waals surface area contributed by atoms with E-state index in [9.17, 15) is 0 Å². The summed E-state index contributed by atoms with van der Waals surface area (Å²) in [5.74, 6) is 0. The number of hydrogen-bond acceptors (Lipinski definition) is 3. The van der Waals surface area contributed by atoms with Crippen molar-refractivity contribution in [2.75, 3.05) is 30.5 Å². The van der Waals surface area contributed by atoms with Crippen molar-refractivity contribution in [1.29, 1.82) is 0 Å². The molecule has 66 valence electrons. The Labute approximate surface area is 73.0 Å². The summed E-state index contributed by atoms with van der Waals surface area (Å²) in [4.78, 5) is 0. The van der Waals surface area contributed by atoms with Gasteiger partial charge >= 0.3 is 0 Å². The number of aryl methyl sites for hydroxylation is 1. The maximum atomic E-state index is 5.83. The van der Waals surface area contributed by atoms with Gasteiger partial charge in [0.15, 0.2) is 0 Å². The number of anilines is 3. The summed E-state index contributed by atoms with van der Waals surface area (Å²) >= 11 is 0. The Kier molecular flexibility index (Phi) is 2.43. The predicted octanol–water partition coefficient (Wildman–Crippen LogP) is 1.66. The molecule has 0 amide bonds. The van der Waals surface area contributed by atoms with Gasteiger partial charge in [-0.1, -0.05) is 0 Å². The van der Waals surface area contributed by atoms with E-state index in [1.165, 1.54) is 0 Å². The number of benzene rings is 1. The van der Waals surface area contributed by atoms with Crippen LogP contribution in [0.1, 0.15) is 5.56 Å². The second kappa shape index (κ2) is 3.34. The average molecular weight is 165 g/mol. The van der Waals surface area contributed by atoms with E-state index in [1.54, 1.807) is 0 Å². The van der Waals surface area contributed by atoms with Crippen LogP contribution in [-0.4, -0.2) is 14.1 Å². The quantitative estimate of drug-likeness (QED) is 0.584. The first kappa shape index (κ1) is 8.71. The molecule has 0 unspecified atom stereocenters. The minimum Gasteiger partial charge on any atom is -0.397 e. The molecule has 4 N–H and O–H groups in total. The van der Waals surface area contributed by atoms with Gasteiger partial charge in [-0.2, -0.15) is 0 Å². The van der Waals surface area contributed by atoms with Gasteiger partial charge in [0.25, 0.3) is 0 Å². The van der Waals surface area contributed by atoms with Crippen LogP contribution in [0.25, 0.3) is 0 Å². The van der Waals surface area contributed by atoms with Gasteiger partial charge in [-0.15, -0.1) is 0 Å². The van der Waals surface area contributed by atoms with Crippen molar-refractivity contribution < 1.29 is 0 Å². The molecule has 1 aromatic carbocycles. The summed E-state index contributed by atoms with van der Waals surface area (Å²) in [5.41, 5.74) is 9.78. The lowest BCUT2D eigenvalue weighted by atomic mass is 10.1. The number of hydrogen-bond donors (Lipinski definition) is 3. The molecule has 0 bridgehead atoms. The van der Waals surface area contributed by atoms with E-state index >= 15 is 0 Å². The topological polar surface area (TPSA) is 50.1 Å². The maximum absolute atomic E-state index is 5.83. The van der Waals surface area contributed by atoms with E-state index < -0.39 is 0 Å². The van der Waals surface area contributed by atoms with E-state index in [1.807, 2.05) is 33.2 Å². The molecule has 0 aliphatic rings. The summed E-state index contributed by atoms with van der Waals surface area (Å²) < 4.78 is 0. The van der Waals surface area contributed by atoms with E-state index in [-0.39, 0.29) is 0 Å². The molecule has 3 heteroatoms. The van der Waals surface area contributed by atoms with Gasteiger partial charge in [-0.3, -0.25) is 0 Å². The van der Waals surface area contributed by atoms with Crippen LogP contribution in [0.2, 0.25) is 0 Å². The molecule has 12 heavy (non-hydrogen) atoms. The third kappa shape index (κ3) is 1.44. The molecular weight excluding hydrogens is 150 g/mol. The minimum atomic E-state index is 0.816. The van der Waals surface area contributed by atoms with Crippen LogP contribution >= 0.6 is 0 Å². The third-order valence-electron chi connectivity index (χ3n) is 1.94. The largest absolute Gasteiger partial charge is 0.397 e. The summed E-state index contributed by atoms with van der Waals surface area (Å²) in [5, 5.41) is 6.12. The van der Waals surface area contributed by atoms with Crippen molar-refractivity contribution in [2.45, 2.75) is 6.92 Å². The summed E-state index contributed by atoms with van der Waals surface area (Å²) in [7, 11) is 3.76. The molecule has 0 atom stereocenters. The second-order valence-corrected chi connectivity index (χ2v) is 2.75. The van der Waals surface area contributed by atoms with Crippen LogP contribution < -0.4 is 16.4 Å². The van der Waals surface area contributed by atoms with Crippen molar-refractivity contribution in [3.8, 4) is 0 Å². The van der Waals surface area contributed by atoms with E-state index in [4.69, 9.17) is 5.73 Å². The highest BCUT2D eigenvalue weighted by Crippen LogP contribution is 2.26. The lowest BCUT2D eigenvalue weighted by Gasteiger charge is -2.10. The Balaban J connectivity index is 3.19. The monoisotopic (exact) mass is 165 g/mol. The summed E-state index contributed by atoms with van der Waals surface area (Å²) in [6.07, 6.45) is 0. The predicted molar refractivity (Wildman–Crippen MR) is 54.7 cm³/mol. The fraction of sp³-hybridized carbons (Fsp3) is 0.333. The molecule has 0 spiro atoms. The minimum absolute atomic E-state index is 0.816. The maximum Gasteiger partial charge on any atom is 0.0594 e. The van der Waals surface area contributed by atoms with E-state index in [2.05, 4.69) is 10.6 Å². The zero-order chi connectivity index (χ0) is 9.14. The Morgan fingerprint density at radius 2 is 1.83 bits per heavy atom. The highest BCUT2D eigenvalue weighted by molar-refractivity contribution is 5.74. The number of rotatable bonds is 2. The molecule has 0 aliphatic heterocycles. The first-order chi connectivity index (χ1) is 5.69. The van der Waals surface area contributed by atoms with Crippen molar-refractivity contribution in [3.63, 3.8) is 0 Å². The number of nitrogens with one attached hydrogen (secondary N) is 2. The lowest BCUT2D eigenvalue weighted by molar-refractivity contribution is 1.40. The van der Waals surface area contributed by atoms with Gasteiger partial charge in [0.2, 0.25) is 0 Å². The Morgan fingerprint density at radius 3 is 2.33 bits per heavy atom. The van der Waals surface area contributed by atoms with Crippen molar-refractivity contribution in [2.24, 2.45) is 0 Å². The second-order valence-electron chi connectivity index (χ2n) is 2.75. The van der Waals surface area contributed by atoms with Crippen molar-refractivity contribution in [1.82, 2.24) is 0 Å². The molecular formula is C9H15N3. The van der Waals surface area contributed by atoms with Crippen LogP contribution in [0.4, 0.5) is 17.1 Å². The highest BCUT2D eigenvalue weighted by Gasteiger charge is 2.01. The van der Waals surface area contributed by atoms with Crippen molar-refractivity contribution >= 4 is 17.1 Å². The molecule has 0 aliphatic carbocycles. The molecule has 0 aromatic heterocycles. The standard InChI is InChI=1S/C9H15N3/c1-6-4-7(11-2)5-8(12-3)9(6)10/h4-5,11-12H,10H2,1-3H3. The van der Waals surface area contributed by atoms with Crippen LogP contribution in [0.15, 0.2) is 12.1 Å². The van der Waals surface area contributed by atoms with Crippen LogP contribution in [0.5, 0.6) is 0 Å². The molecule has 0 fully saturated rings. The SMILES string of the molecule is CNc1cc(C)c(N)c(NC)c1. The molecule has 0 radical (unpaired) electrons. The normalized spacial score (nSPS) is 9.58. The Bertz CT molecular complexity index is 281. The Hall–Kier alpha value is -1.38. The van der Waals surface area contributed by atoms with Crippen LogP contribution in [0.3, 0.4) is 0 Å². The first-order valence-electron chi connectivity index (χ1n) is 3.94. The van der Waals surface area contributed by atoms with Gasteiger partial charge in [-0.05, 0) is 24.6 Å². The third-order valence-corrected chi connectivity index (χ3v) is 1.94. The van der Waals surface area contributed by atoms with Gasteiger partial charge in [0, 0.05) is 19.8 Å². The van der Waals surface area contributed by atoms with Gasteiger partial charge in [0.1, 0.15) is 0 Å². The lowest BCUT2D eigenvalue weighted by Crippen LogP contribution is -2.00. The zero-order valence-corrected chi connectivity index (χ0v) is 7.73. The highest BCUT2D eigenvalue weighted by atomic mass is 14.9. The molecule has 0 saturated carbocycles. The first-order valence-corrected chi connectivity index (χ1v) is 3.94. The van der Waals surface area contributed by atoms with Gasteiger partial charge in [0.05, 0.1) is 11.4 Å². The number of nitrogens with two attached hydrogens (primary N) is 1. The molecule has 1 rings (SSSR count). The summed E-state index contributed by atoms with van der Waals surface area (Å²) in [6, 6.07) is 4.01. The van der Waals surface area contributed by atoms with E-state index in [0.717, 1.165) is 22.6 Å². The summed E-state index contributed by atoms with van der Waals surface area (Å²) in [6.45, 7) is 2.00. The van der Waals surface area contributed by atoms with E-state index in [0.29, 0.717) is 0 Å². The fourth-order valence-electron chi connectivity index (χ4n) is 1.15. The molecule has 0 saturated heterocycles. The van der Waals surface area contributed by atoms with Gasteiger partial charge < -0.3 is 16.4 Å². The molecule has 0 heterocycles. The van der Waals surface area contributed by atoms with Crippen LogP contribution in [-0.2, 0) is 0 Å². The number of nitrogen functional groups attached to an aromatic ring is 1. The van der Waals surface area contributed by atoms with Gasteiger partial charge in [-0.25, -0.2) is 0 Å². The van der Waals surface area contributed by atoms with Crippen LogP contribution in [0, 0.1) is 6.92 Å². The average Bonchev–Trinajstić information content (AvgIpc) is 2.09.